The minimum absolute atomic E-state index is 0.193. The number of aromatic nitrogens is 1. The Bertz CT molecular complexity index is 598. The topological polar surface area (TPSA) is 57.8 Å². The summed E-state index contributed by atoms with van der Waals surface area (Å²) in [7, 11) is 0. The predicted octanol–water partition coefficient (Wildman–Crippen LogP) is 3.09. The SMILES string of the molecule is CCn1c(C)cc(/C=C(/C#N)C(=O)NC2CCCC2)c1C. The van der Waals surface area contributed by atoms with Crippen LogP contribution in [0.4, 0.5) is 0 Å². The lowest BCUT2D eigenvalue weighted by Gasteiger charge is -2.11. The summed E-state index contributed by atoms with van der Waals surface area (Å²) >= 11 is 0. The molecule has 4 nitrogen and oxygen atoms in total. The number of nitrogens with one attached hydrogen (secondary N) is 1. The molecule has 0 radical (unpaired) electrons. The smallest absolute Gasteiger partial charge is 0.262 e. The highest BCUT2D eigenvalue weighted by atomic mass is 16.1. The van der Waals surface area contributed by atoms with Gasteiger partial charge in [0.2, 0.25) is 0 Å². The van der Waals surface area contributed by atoms with Crippen LogP contribution in [0.1, 0.15) is 49.6 Å². The van der Waals surface area contributed by atoms with Gasteiger partial charge in [0.1, 0.15) is 11.6 Å². The third-order valence-corrected chi connectivity index (χ3v) is 4.28. The van der Waals surface area contributed by atoms with Crippen LogP contribution in [-0.4, -0.2) is 16.5 Å². The Balaban J connectivity index is 2.20. The fraction of sp³-hybridized carbons (Fsp3) is 0.529. The number of hydrogen-bond acceptors (Lipinski definition) is 2. The monoisotopic (exact) mass is 285 g/mol. The van der Waals surface area contributed by atoms with Crippen molar-refractivity contribution in [1.29, 1.82) is 5.26 Å². The maximum absolute atomic E-state index is 12.2. The normalized spacial score (nSPS) is 16.0. The molecule has 0 aromatic carbocycles. The summed E-state index contributed by atoms with van der Waals surface area (Å²) in [6, 6.07) is 4.30. The molecule has 1 saturated carbocycles. The fourth-order valence-electron chi connectivity index (χ4n) is 3.10. The van der Waals surface area contributed by atoms with Crippen LogP contribution in [0.2, 0.25) is 0 Å². The zero-order valence-electron chi connectivity index (χ0n) is 13.1. The second-order valence-corrected chi connectivity index (χ2v) is 5.70. The van der Waals surface area contributed by atoms with Crippen molar-refractivity contribution >= 4 is 12.0 Å². The molecule has 0 atom stereocenters. The van der Waals surface area contributed by atoms with Crippen LogP contribution in [0.15, 0.2) is 11.6 Å². The Labute approximate surface area is 126 Å². The van der Waals surface area contributed by atoms with E-state index in [1.54, 1.807) is 6.08 Å². The number of hydrogen-bond donors (Lipinski definition) is 1. The van der Waals surface area contributed by atoms with E-state index < -0.39 is 0 Å². The van der Waals surface area contributed by atoms with Gasteiger partial charge in [-0.3, -0.25) is 4.79 Å². The Morgan fingerprint density at radius 1 is 1.48 bits per heavy atom. The standard InChI is InChI=1S/C17H23N3O/c1-4-20-12(2)9-14(13(20)3)10-15(11-18)17(21)19-16-7-5-6-8-16/h9-10,16H,4-8H2,1-3H3,(H,19,21)/b15-10-. The van der Waals surface area contributed by atoms with Crippen molar-refractivity contribution in [2.75, 3.05) is 0 Å². The molecule has 0 unspecified atom stereocenters. The van der Waals surface area contributed by atoms with Gasteiger partial charge in [0.15, 0.2) is 0 Å². The molecule has 0 spiro atoms. The highest BCUT2D eigenvalue weighted by molar-refractivity contribution is 6.02. The summed E-state index contributed by atoms with van der Waals surface area (Å²) < 4.78 is 2.18. The molecule has 1 amide bonds. The van der Waals surface area contributed by atoms with E-state index in [1.165, 1.54) is 0 Å². The van der Waals surface area contributed by atoms with Crippen molar-refractivity contribution < 1.29 is 4.79 Å². The summed E-state index contributed by atoms with van der Waals surface area (Å²) in [6.45, 7) is 7.04. The first-order chi connectivity index (χ1) is 10.1. The van der Waals surface area contributed by atoms with Crippen molar-refractivity contribution in [1.82, 2.24) is 9.88 Å². The van der Waals surface area contributed by atoms with Gasteiger partial charge in [0.25, 0.3) is 5.91 Å². The van der Waals surface area contributed by atoms with E-state index in [1.807, 2.05) is 26.0 Å². The molecule has 112 valence electrons. The van der Waals surface area contributed by atoms with Gasteiger partial charge in [-0.25, -0.2) is 0 Å². The van der Waals surface area contributed by atoms with Crippen LogP contribution in [0.3, 0.4) is 0 Å². The van der Waals surface area contributed by atoms with E-state index in [2.05, 4.69) is 16.8 Å². The minimum atomic E-state index is -0.245. The van der Waals surface area contributed by atoms with Gasteiger partial charge >= 0.3 is 0 Å². The molecular formula is C17H23N3O. The molecule has 1 fully saturated rings. The minimum Gasteiger partial charge on any atom is -0.349 e. The predicted molar refractivity (Wildman–Crippen MR) is 83.6 cm³/mol. The number of nitriles is 1. The molecule has 1 N–H and O–H groups in total. The Morgan fingerprint density at radius 2 is 2.14 bits per heavy atom. The van der Waals surface area contributed by atoms with Crippen LogP contribution in [0.5, 0.6) is 0 Å². The molecule has 1 aromatic heterocycles. The lowest BCUT2D eigenvalue weighted by atomic mass is 10.1. The highest BCUT2D eigenvalue weighted by Crippen LogP contribution is 2.20. The van der Waals surface area contributed by atoms with Crippen molar-refractivity contribution in [3.8, 4) is 6.07 Å². The molecule has 1 heterocycles. The molecule has 1 aliphatic rings. The molecule has 21 heavy (non-hydrogen) atoms. The van der Waals surface area contributed by atoms with Gasteiger partial charge in [0.05, 0.1) is 0 Å². The summed E-state index contributed by atoms with van der Waals surface area (Å²) in [4.78, 5) is 12.2. The van der Waals surface area contributed by atoms with Crippen LogP contribution in [0.25, 0.3) is 6.08 Å². The van der Waals surface area contributed by atoms with Crippen molar-refractivity contribution in [3.63, 3.8) is 0 Å². The quantitative estimate of drug-likeness (QED) is 0.682. The molecule has 0 aliphatic heterocycles. The van der Waals surface area contributed by atoms with Crippen LogP contribution in [-0.2, 0) is 11.3 Å². The molecule has 4 heteroatoms. The molecule has 0 bridgehead atoms. The van der Waals surface area contributed by atoms with Crippen LogP contribution < -0.4 is 5.32 Å². The van der Waals surface area contributed by atoms with E-state index >= 15 is 0 Å². The first-order valence-corrected chi connectivity index (χ1v) is 7.66. The molecular weight excluding hydrogens is 262 g/mol. The highest BCUT2D eigenvalue weighted by Gasteiger charge is 2.19. The maximum atomic E-state index is 12.2. The second-order valence-electron chi connectivity index (χ2n) is 5.70. The summed E-state index contributed by atoms with van der Waals surface area (Å²) in [5.74, 6) is -0.245. The van der Waals surface area contributed by atoms with Crippen LogP contribution >= 0.6 is 0 Å². The zero-order chi connectivity index (χ0) is 15.4. The summed E-state index contributed by atoms with van der Waals surface area (Å²) in [5.41, 5.74) is 3.39. The number of amides is 1. The zero-order valence-corrected chi connectivity index (χ0v) is 13.1. The fourth-order valence-corrected chi connectivity index (χ4v) is 3.10. The van der Waals surface area contributed by atoms with Crippen LogP contribution in [0, 0.1) is 25.2 Å². The molecule has 1 aromatic rings. The van der Waals surface area contributed by atoms with Crippen molar-refractivity contribution in [3.05, 3.63) is 28.6 Å². The molecule has 0 saturated heterocycles. The summed E-state index contributed by atoms with van der Waals surface area (Å²) in [6.07, 6.45) is 6.07. The average molecular weight is 285 g/mol. The Kier molecular flexibility index (Phi) is 4.85. The third-order valence-electron chi connectivity index (χ3n) is 4.28. The number of nitrogens with zero attached hydrogens (tertiary/aromatic N) is 2. The van der Waals surface area contributed by atoms with Crippen molar-refractivity contribution in [2.24, 2.45) is 0 Å². The van der Waals surface area contributed by atoms with Gasteiger partial charge < -0.3 is 9.88 Å². The van der Waals surface area contributed by atoms with Gasteiger partial charge in [-0.2, -0.15) is 5.26 Å². The molecule has 2 rings (SSSR count). The first kappa shape index (κ1) is 15.4. The van der Waals surface area contributed by atoms with E-state index in [4.69, 9.17) is 0 Å². The number of carbonyl (C=O) groups excluding carboxylic acids is 1. The lowest BCUT2D eigenvalue weighted by molar-refractivity contribution is -0.117. The van der Waals surface area contributed by atoms with Crippen molar-refractivity contribution in [2.45, 2.75) is 59.0 Å². The number of carbonyl (C=O) groups is 1. The maximum Gasteiger partial charge on any atom is 0.262 e. The van der Waals surface area contributed by atoms with E-state index in [9.17, 15) is 10.1 Å². The largest absolute Gasteiger partial charge is 0.349 e. The van der Waals surface area contributed by atoms with E-state index in [0.717, 1.165) is 49.2 Å². The second kappa shape index (κ2) is 6.62. The van der Waals surface area contributed by atoms with Gasteiger partial charge in [-0.1, -0.05) is 12.8 Å². The number of rotatable bonds is 4. The summed E-state index contributed by atoms with van der Waals surface area (Å²) in [5, 5.41) is 12.2. The first-order valence-electron chi connectivity index (χ1n) is 7.66. The van der Waals surface area contributed by atoms with E-state index in [0.29, 0.717) is 0 Å². The Hall–Kier alpha value is -2.02. The average Bonchev–Trinajstić information content (AvgIpc) is 3.04. The third kappa shape index (κ3) is 3.36. The number of aryl methyl sites for hydroxylation is 1. The molecule has 1 aliphatic carbocycles. The van der Waals surface area contributed by atoms with E-state index in [-0.39, 0.29) is 17.5 Å². The van der Waals surface area contributed by atoms with Gasteiger partial charge in [-0.05, 0) is 51.3 Å². The lowest BCUT2D eigenvalue weighted by Crippen LogP contribution is -2.33. The Morgan fingerprint density at radius 3 is 2.67 bits per heavy atom. The van der Waals surface area contributed by atoms with Gasteiger partial charge in [0, 0.05) is 24.0 Å². The van der Waals surface area contributed by atoms with Gasteiger partial charge in [-0.15, -0.1) is 0 Å².